The molecule has 1 atom stereocenters. The number of aromatic amines is 1. The topological polar surface area (TPSA) is 15.8 Å². The van der Waals surface area contributed by atoms with E-state index in [2.05, 4.69) is 81.6 Å². The van der Waals surface area contributed by atoms with Crippen LogP contribution in [0.15, 0.2) is 65.7 Å². The third kappa shape index (κ3) is 3.10. The van der Waals surface area contributed by atoms with E-state index in [0.29, 0.717) is 5.92 Å². The highest BCUT2D eigenvalue weighted by molar-refractivity contribution is 9.09. The van der Waals surface area contributed by atoms with Gasteiger partial charge in [0.05, 0.1) is 5.03 Å². The molecule has 1 nitrogen and oxygen atoms in total. The number of thioether (sulfide) groups is 1. The van der Waals surface area contributed by atoms with Gasteiger partial charge in [-0.05, 0) is 17.7 Å². The molecule has 2 aromatic carbocycles. The number of hydrogen-bond acceptors (Lipinski definition) is 1. The zero-order chi connectivity index (χ0) is 13.8. The number of alkyl halides is 1. The molecule has 3 aromatic rings. The number of hydrogen-bond donors (Lipinski definition) is 1. The van der Waals surface area contributed by atoms with Crippen LogP contribution in [0.2, 0.25) is 0 Å². The van der Waals surface area contributed by atoms with Gasteiger partial charge in [0, 0.05) is 27.9 Å². The summed E-state index contributed by atoms with van der Waals surface area (Å²) >= 11 is 5.53. The molecule has 3 rings (SSSR count). The molecule has 0 bridgehead atoms. The lowest BCUT2D eigenvalue weighted by molar-refractivity contribution is 0.901. The molecule has 1 heterocycles. The van der Waals surface area contributed by atoms with Gasteiger partial charge in [0.25, 0.3) is 0 Å². The standard InChI is InChI=1S/C17H16BrNS/c18-11-15(13-6-2-1-3-7-13)12-20-17-10-14-8-4-5-9-16(14)19-17/h1-10,15,19H,11-12H2. The summed E-state index contributed by atoms with van der Waals surface area (Å²) in [5, 5.41) is 3.52. The third-order valence-electron chi connectivity index (χ3n) is 3.40. The fraction of sp³-hybridized carbons (Fsp3) is 0.176. The van der Waals surface area contributed by atoms with Crippen LogP contribution in [0.1, 0.15) is 11.5 Å². The number of H-pyrrole nitrogens is 1. The van der Waals surface area contributed by atoms with Gasteiger partial charge in [-0.25, -0.2) is 0 Å². The largest absolute Gasteiger partial charge is 0.350 e. The predicted molar refractivity (Wildman–Crippen MR) is 92.0 cm³/mol. The van der Waals surface area contributed by atoms with Crippen LogP contribution in [-0.4, -0.2) is 16.1 Å². The lowest BCUT2D eigenvalue weighted by Crippen LogP contribution is -2.03. The summed E-state index contributed by atoms with van der Waals surface area (Å²) in [5.74, 6) is 1.61. The van der Waals surface area contributed by atoms with Crippen LogP contribution in [0.5, 0.6) is 0 Å². The smallest absolute Gasteiger partial charge is 0.0732 e. The Morgan fingerprint density at radius 2 is 1.75 bits per heavy atom. The van der Waals surface area contributed by atoms with Gasteiger partial charge >= 0.3 is 0 Å². The van der Waals surface area contributed by atoms with Crippen LogP contribution >= 0.6 is 27.7 Å². The van der Waals surface area contributed by atoms with E-state index in [1.165, 1.54) is 21.5 Å². The van der Waals surface area contributed by atoms with Crippen LogP contribution in [0.3, 0.4) is 0 Å². The minimum atomic E-state index is 0.535. The van der Waals surface area contributed by atoms with Gasteiger partial charge in [-0.3, -0.25) is 0 Å². The molecular formula is C17H16BrNS. The van der Waals surface area contributed by atoms with E-state index in [4.69, 9.17) is 0 Å². The highest BCUT2D eigenvalue weighted by Crippen LogP contribution is 2.29. The van der Waals surface area contributed by atoms with Crippen molar-refractivity contribution < 1.29 is 0 Å². The Hall–Kier alpha value is -1.19. The lowest BCUT2D eigenvalue weighted by atomic mass is 10.0. The lowest BCUT2D eigenvalue weighted by Gasteiger charge is -2.13. The van der Waals surface area contributed by atoms with Crippen LogP contribution in [0.4, 0.5) is 0 Å². The number of nitrogens with one attached hydrogen (secondary N) is 1. The predicted octanol–water partition coefficient (Wildman–Crippen LogP) is 5.44. The molecule has 0 radical (unpaired) electrons. The fourth-order valence-electron chi connectivity index (χ4n) is 2.27. The van der Waals surface area contributed by atoms with Crippen LogP contribution in [0, 0.1) is 0 Å². The SMILES string of the molecule is BrCC(CSc1cc2ccccc2[nH]1)c1ccccc1. The maximum Gasteiger partial charge on any atom is 0.0732 e. The van der Waals surface area contributed by atoms with Gasteiger partial charge in [0.1, 0.15) is 0 Å². The summed E-state index contributed by atoms with van der Waals surface area (Å²) in [6.45, 7) is 0. The Morgan fingerprint density at radius 1 is 1.00 bits per heavy atom. The van der Waals surface area contributed by atoms with Crippen molar-refractivity contribution in [3.05, 3.63) is 66.2 Å². The Bertz CT molecular complexity index is 645. The van der Waals surface area contributed by atoms with E-state index in [1.54, 1.807) is 0 Å². The van der Waals surface area contributed by atoms with Gasteiger partial charge in [-0.2, -0.15) is 0 Å². The molecule has 0 spiro atoms. The molecule has 0 fully saturated rings. The average Bonchev–Trinajstić information content (AvgIpc) is 2.92. The van der Waals surface area contributed by atoms with Crippen molar-refractivity contribution in [3.8, 4) is 0 Å². The zero-order valence-corrected chi connectivity index (χ0v) is 13.5. The molecule has 0 saturated carbocycles. The van der Waals surface area contributed by atoms with E-state index < -0.39 is 0 Å². The molecule has 1 N–H and O–H groups in total. The third-order valence-corrected chi connectivity index (χ3v) is 5.28. The average molecular weight is 346 g/mol. The monoisotopic (exact) mass is 345 g/mol. The van der Waals surface area contributed by atoms with E-state index in [-0.39, 0.29) is 0 Å². The minimum Gasteiger partial charge on any atom is -0.350 e. The first-order valence-electron chi connectivity index (χ1n) is 6.68. The van der Waals surface area contributed by atoms with Crippen molar-refractivity contribution in [3.63, 3.8) is 0 Å². The van der Waals surface area contributed by atoms with Gasteiger partial charge in [0.15, 0.2) is 0 Å². The van der Waals surface area contributed by atoms with Gasteiger partial charge in [-0.15, -0.1) is 11.8 Å². The van der Waals surface area contributed by atoms with E-state index in [1.807, 2.05) is 11.8 Å². The van der Waals surface area contributed by atoms with E-state index >= 15 is 0 Å². The summed E-state index contributed by atoms with van der Waals surface area (Å²) < 4.78 is 0. The number of rotatable bonds is 5. The van der Waals surface area contributed by atoms with Crippen molar-refractivity contribution in [2.24, 2.45) is 0 Å². The maximum absolute atomic E-state index is 3.64. The number of halogens is 1. The molecule has 0 aliphatic heterocycles. The molecule has 102 valence electrons. The molecule has 1 aromatic heterocycles. The van der Waals surface area contributed by atoms with Gasteiger partial charge in [0.2, 0.25) is 0 Å². The maximum atomic E-state index is 3.64. The van der Waals surface area contributed by atoms with Gasteiger partial charge < -0.3 is 4.98 Å². The summed E-state index contributed by atoms with van der Waals surface area (Å²) in [5.41, 5.74) is 2.61. The second-order valence-electron chi connectivity index (χ2n) is 4.79. The Labute approximate surface area is 131 Å². The van der Waals surface area contributed by atoms with Crippen molar-refractivity contribution in [1.82, 2.24) is 4.98 Å². The molecule has 0 amide bonds. The van der Waals surface area contributed by atoms with Crippen molar-refractivity contribution in [1.29, 1.82) is 0 Å². The fourth-order valence-corrected chi connectivity index (χ4v) is 4.26. The normalized spacial score (nSPS) is 12.7. The molecule has 0 aliphatic carbocycles. The number of benzene rings is 2. The number of aromatic nitrogens is 1. The molecule has 3 heteroatoms. The summed E-state index contributed by atoms with van der Waals surface area (Å²) in [6, 6.07) is 21.4. The second-order valence-corrected chi connectivity index (χ2v) is 6.50. The number of para-hydroxylation sites is 1. The highest BCUT2D eigenvalue weighted by Gasteiger charge is 2.11. The Balaban J connectivity index is 1.71. The van der Waals surface area contributed by atoms with Gasteiger partial charge in [-0.1, -0.05) is 64.5 Å². The highest BCUT2D eigenvalue weighted by atomic mass is 79.9. The Morgan fingerprint density at radius 3 is 2.50 bits per heavy atom. The summed E-state index contributed by atoms with van der Waals surface area (Å²) in [4.78, 5) is 3.47. The van der Waals surface area contributed by atoms with Crippen molar-refractivity contribution >= 4 is 38.6 Å². The first-order chi connectivity index (χ1) is 9.86. The van der Waals surface area contributed by atoms with Crippen LogP contribution < -0.4 is 0 Å². The molecule has 20 heavy (non-hydrogen) atoms. The first-order valence-corrected chi connectivity index (χ1v) is 8.79. The minimum absolute atomic E-state index is 0.535. The second kappa shape index (κ2) is 6.51. The Kier molecular flexibility index (Phi) is 4.48. The van der Waals surface area contributed by atoms with Crippen molar-refractivity contribution in [2.75, 3.05) is 11.1 Å². The number of fused-ring (bicyclic) bond motifs is 1. The zero-order valence-electron chi connectivity index (χ0n) is 11.1. The van der Waals surface area contributed by atoms with E-state index in [9.17, 15) is 0 Å². The molecule has 0 aliphatic rings. The van der Waals surface area contributed by atoms with Crippen molar-refractivity contribution in [2.45, 2.75) is 10.9 Å². The van der Waals surface area contributed by atoms with E-state index in [0.717, 1.165) is 11.1 Å². The quantitative estimate of drug-likeness (QED) is 0.480. The summed E-state index contributed by atoms with van der Waals surface area (Å²) in [6.07, 6.45) is 0. The molecular weight excluding hydrogens is 330 g/mol. The first kappa shape index (κ1) is 13.8. The molecule has 1 unspecified atom stereocenters. The van der Waals surface area contributed by atoms with Crippen LogP contribution in [0.25, 0.3) is 10.9 Å². The molecule has 0 saturated heterocycles. The summed E-state index contributed by atoms with van der Waals surface area (Å²) in [7, 11) is 0. The van der Waals surface area contributed by atoms with Crippen LogP contribution in [-0.2, 0) is 0 Å².